The van der Waals surface area contributed by atoms with E-state index in [4.69, 9.17) is 0 Å². The van der Waals surface area contributed by atoms with E-state index in [-0.39, 0.29) is 16.6 Å². The van der Waals surface area contributed by atoms with Crippen LogP contribution in [0.1, 0.15) is 12.5 Å². The predicted octanol–water partition coefficient (Wildman–Crippen LogP) is 1.23. The van der Waals surface area contributed by atoms with E-state index >= 15 is 0 Å². The van der Waals surface area contributed by atoms with Gasteiger partial charge in [-0.15, -0.1) is 0 Å². The Morgan fingerprint density at radius 2 is 1.92 bits per heavy atom. The van der Waals surface area contributed by atoms with Crippen LogP contribution >= 0.6 is 0 Å². The van der Waals surface area contributed by atoms with Crippen LogP contribution in [0.5, 0.6) is 0 Å². The van der Waals surface area contributed by atoms with Gasteiger partial charge in [-0.1, -0.05) is 24.3 Å². The molecule has 2 N–H and O–H groups in total. The average molecular weight is 369 g/mol. The number of carbonyl (C=O) groups excluding carboxylic acids is 1. The standard InChI is InChI=1S/C17H15N5O3S/c1-11(17(23)20-22-10-18-13-7-3-4-8-14(13)22)19-16-12-6-2-5-9-15(12)26(24,25)21-16/h2-11H,1H3,(H,19,21)(H,20,23)/t11-/m0/s1. The molecule has 0 saturated heterocycles. The second kappa shape index (κ2) is 5.95. The molecule has 0 bridgehead atoms. The van der Waals surface area contributed by atoms with Crippen molar-refractivity contribution in [1.82, 2.24) is 14.4 Å². The first-order valence-electron chi connectivity index (χ1n) is 7.89. The normalized spacial score (nSPS) is 17.7. The highest BCUT2D eigenvalue weighted by molar-refractivity contribution is 7.90. The molecule has 26 heavy (non-hydrogen) atoms. The van der Waals surface area contributed by atoms with Crippen molar-refractivity contribution in [2.24, 2.45) is 4.99 Å². The van der Waals surface area contributed by atoms with Gasteiger partial charge in [-0.25, -0.2) is 18.1 Å². The van der Waals surface area contributed by atoms with Crippen molar-refractivity contribution in [1.29, 1.82) is 0 Å². The molecule has 1 amide bonds. The Bertz CT molecular complexity index is 1150. The van der Waals surface area contributed by atoms with Crippen LogP contribution < -0.4 is 10.1 Å². The van der Waals surface area contributed by atoms with Gasteiger partial charge < -0.3 is 0 Å². The van der Waals surface area contributed by atoms with Gasteiger partial charge >= 0.3 is 0 Å². The third-order valence-corrected chi connectivity index (χ3v) is 5.45. The quantitative estimate of drug-likeness (QED) is 0.724. The maximum Gasteiger partial charge on any atom is 0.263 e. The van der Waals surface area contributed by atoms with Crippen LogP contribution in [0, 0.1) is 0 Å². The number of amidine groups is 1. The lowest BCUT2D eigenvalue weighted by Gasteiger charge is -2.11. The molecular formula is C17H15N5O3S. The molecule has 132 valence electrons. The summed E-state index contributed by atoms with van der Waals surface area (Å²) in [5.41, 5.74) is 4.68. The monoisotopic (exact) mass is 369 g/mol. The van der Waals surface area contributed by atoms with E-state index in [2.05, 4.69) is 20.1 Å². The van der Waals surface area contributed by atoms with E-state index in [1.807, 2.05) is 24.3 Å². The maximum absolute atomic E-state index is 12.5. The number of sulfonamides is 1. The summed E-state index contributed by atoms with van der Waals surface area (Å²) in [6.45, 7) is 1.59. The fourth-order valence-electron chi connectivity index (χ4n) is 2.74. The van der Waals surface area contributed by atoms with Crippen molar-refractivity contribution in [3.63, 3.8) is 0 Å². The maximum atomic E-state index is 12.5. The fourth-order valence-corrected chi connectivity index (χ4v) is 3.98. The Labute approximate surface area is 149 Å². The van der Waals surface area contributed by atoms with Crippen LogP contribution in [0.15, 0.2) is 64.7 Å². The molecule has 1 aliphatic heterocycles. The van der Waals surface area contributed by atoms with Crippen LogP contribution in [0.3, 0.4) is 0 Å². The van der Waals surface area contributed by atoms with Crippen LogP contribution in [-0.4, -0.2) is 35.9 Å². The molecule has 0 saturated carbocycles. The lowest BCUT2D eigenvalue weighted by Crippen LogP contribution is -2.32. The molecule has 0 unspecified atom stereocenters. The number of para-hydroxylation sites is 2. The number of hydrogen-bond donors (Lipinski definition) is 2. The summed E-state index contributed by atoms with van der Waals surface area (Å²) in [7, 11) is -3.63. The third-order valence-electron chi connectivity index (χ3n) is 4.05. The van der Waals surface area contributed by atoms with Crippen LogP contribution in [-0.2, 0) is 14.8 Å². The summed E-state index contributed by atoms with van der Waals surface area (Å²) in [5, 5.41) is 0. The summed E-state index contributed by atoms with van der Waals surface area (Å²) in [4.78, 5) is 21.1. The lowest BCUT2D eigenvalue weighted by molar-refractivity contribution is -0.117. The molecule has 1 aromatic heterocycles. The Morgan fingerprint density at radius 1 is 1.19 bits per heavy atom. The molecule has 0 fully saturated rings. The second-order valence-corrected chi connectivity index (χ2v) is 7.49. The summed E-state index contributed by atoms with van der Waals surface area (Å²) in [5.74, 6) is -0.219. The van der Waals surface area contributed by atoms with Crippen molar-refractivity contribution >= 4 is 32.8 Å². The summed E-state index contributed by atoms with van der Waals surface area (Å²) >= 11 is 0. The fraction of sp³-hybridized carbons (Fsp3) is 0.118. The van der Waals surface area contributed by atoms with E-state index in [0.29, 0.717) is 5.56 Å². The Balaban J connectivity index is 1.59. The number of hydrogen-bond acceptors (Lipinski definition) is 5. The number of imidazole rings is 1. The van der Waals surface area contributed by atoms with Crippen molar-refractivity contribution in [3.8, 4) is 0 Å². The van der Waals surface area contributed by atoms with Gasteiger partial charge in [0.1, 0.15) is 18.2 Å². The van der Waals surface area contributed by atoms with Crippen LogP contribution in [0.2, 0.25) is 0 Å². The van der Waals surface area contributed by atoms with E-state index in [0.717, 1.165) is 11.0 Å². The Hall–Kier alpha value is -3.20. The number of fused-ring (bicyclic) bond motifs is 2. The van der Waals surface area contributed by atoms with Crippen LogP contribution in [0.25, 0.3) is 11.0 Å². The number of aromatic nitrogens is 2. The van der Waals surface area contributed by atoms with Gasteiger partial charge in [0.05, 0.1) is 15.9 Å². The molecule has 9 heteroatoms. The highest BCUT2D eigenvalue weighted by Gasteiger charge is 2.31. The Morgan fingerprint density at radius 3 is 2.77 bits per heavy atom. The first kappa shape index (κ1) is 16.3. The first-order chi connectivity index (χ1) is 12.5. The molecule has 8 nitrogen and oxygen atoms in total. The Kier molecular flexibility index (Phi) is 3.73. The van der Waals surface area contributed by atoms with E-state index in [9.17, 15) is 13.2 Å². The lowest BCUT2D eigenvalue weighted by atomic mass is 10.2. The number of nitrogens with zero attached hydrogens (tertiary/aromatic N) is 3. The molecule has 0 radical (unpaired) electrons. The molecule has 4 rings (SSSR count). The minimum Gasteiger partial charge on any atom is -0.271 e. The molecule has 1 aliphatic rings. The van der Waals surface area contributed by atoms with Crippen molar-refractivity contribution in [2.45, 2.75) is 17.9 Å². The SMILES string of the molecule is C[C@H](N=C1NS(=O)(=O)c2ccccc21)C(=O)Nn1cnc2ccccc21. The van der Waals surface area contributed by atoms with E-state index in [1.54, 1.807) is 25.1 Å². The average Bonchev–Trinajstić information content (AvgIpc) is 3.14. The molecule has 3 aromatic rings. The third kappa shape index (κ3) is 2.72. The number of carbonyl (C=O) groups is 1. The smallest absolute Gasteiger partial charge is 0.263 e. The van der Waals surface area contributed by atoms with E-state index in [1.165, 1.54) is 17.1 Å². The van der Waals surface area contributed by atoms with Crippen molar-refractivity contribution < 1.29 is 13.2 Å². The van der Waals surface area contributed by atoms with Gasteiger partial charge in [-0.2, -0.15) is 0 Å². The molecule has 1 atom stereocenters. The van der Waals surface area contributed by atoms with Crippen LogP contribution in [0.4, 0.5) is 0 Å². The predicted molar refractivity (Wildman–Crippen MR) is 96.9 cm³/mol. The highest BCUT2D eigenvalue weighted by atomic mass is 32.2. The summed E-state index contributed by atoms with van der Waals surface area (Å²) in [6, 6.07) is 13.1. The van der Waals surface area contributed by atoms with Gasteiger partial charge in [-0.3, -0.25) is 19.9 Å². The molecular weight excluding hydrogens is 354 g/mol. The molecule has 0 aliphatic carbocycles. The number of benzene rings is 2. The zero-order valence-electron chi connectivity index (χ0n) is 13.7. The van der Waals surface area contributed by atoms with Gasteiger partial charge in [0, 0.05) is 5.56 Å². The topological polar surface area (TPSA) is 105 Å². The molecule has 2 heterocycles. The molecule has 2 aromatic carbocycles. The number of amides is 1. The van der Waals surface area contributed by atoms with Gasteiger partial charge in [0.25, 0.3) is 15.9 Å². The second-order valence-electron chi connectivity index (χ2n) is 5.83. The van der Waals surface area contributed by atoms with Crippen molar-refractivity contribution in [2.75, 3.05) is 5.43 Å². The summed E-state index contributed by atoms with van der Waals surface area (Å²) < 4.78 is 28.1. The number of rotatable bonds is 3. The van der Waals surface area contributed by atoms with Gasteiger partial charge in [0.15, 0.2) is 0 Å². The van der Waals surface area contributed by atoms with E-state index < -0.39 is 16.1 Å². The van der Waals surface area contributed by atoms with Crippen molar-refractivity contribution in [3.05, 3.63) is 60.4 Å². The minimum atomic E-state index is -3.63. The van der Waals surface area contributed by atoms with Gasteiger partial charge in [0.2, 0.25) is 0 Å². The number of nitrogens with one attached hydrogen (secondary N) is 2. The highest BCUT2D eigenvalue weighted by Crippen LogP contribution is 2.22. The zero-order valence-corrected chi connectivity index (χ0v) is 14.6. The first-order valence-corrected chi connectivity index (χ1v) is 9.37. The molecule has 0 spiro atoms. The zero-order chi connectivity index (χ0) is 18.3. The summed E-state index contributed by atoms with van der Waals surface area (Å²) in [6.07, 6.45) is 1.51. The van der Waals surface area contributed by atoms with Gasteiger partial charge in [-0.05, 0) is 31.2 Å². The largest absolute Gasteiger partial charge is 0.271 e. The minimum absolute atomic E-state index is 0.159. The number of aliphatic imine (C=N–C) groups is 1.